The number of rotatable bonds is 8. The first-order chi connectivity index (χ1) is 17.6. The van der Waals surface area contributed by atoms with Crippen molar-refractivity contribution in [2.24, 2.45) is 0 Å². The number of nitrogens with two attached hydrogens (primary N) is 1. The van der Waals surface area contributed by atoms with Gasteiger partial charge in [-0.25, -0.2) is 19.9 Å². The number of fused-ring (bicyclic) bond motifs is 1. The highest BCUT2D eigenvalue weighted by Gasteiger charge is 2.28. The van der Waals surface area contributed by atoms with Gasteiger partial charge in [0.1, 0.15) is 28.5 Å². The number of aromatic nitrogens is 4. The van der Waals surface area contributed by atoms with E-state index >= 15 is 0 Å². The average Bonchev–Trinajstić information content (AvgIpc) is 3.72. The summed E-state index contributed by atoms with van der Waals surface area (Å²) in [7, 11) is 1.83. The lowest BCUT2D eigenvalue weighted by Gasteiger charge is -2.22. The lowest BCUT2D eigenvalue weighted by molar-refractivity contribution is 0.191. The molecule has 5 rings (SSSR count). The summed E-state index contributed by atoms with van der Waals surface area (Å²) in [5, 5.41) is 4.87. The van der Waals surface area contributed by atoms with Crippen molar-refractivity contribution in [3.63, 3.8) is 0 Å². The third-order valence-electron chi connectivity index (χ3n) is 5.95. The summed E-state index contributed by atoms with van der Waals surface area (Å²) >= 11 is 3.38. The average molecular weight is 544 g/mol. The molecule has 1 saturated carbocycles. The number of nitrogens with one attached hydrogen (secondary N) is 1. The minimum absolute atomic E-state index is 0.443. The first-order valence-corrected chi connectivity index (χ1v) is 12.6. The van der Waals surface area contributed by atoms with Crippen LogP contribution in [0.15, 0.2) is 59.6 Å². The Morgan fingerprint density at radius 2 is 2.00 bits per heavy atom. The van der Waals surface area contributed by atoms with Crippen LogP contribution in [0.3, 0.4) is 0 Å². The minimum atomic E-state index is 0.443. The molecule has 0 amide bonds. The van der Waals surface area contributed by atoms with Crippen LogP contribution < -0.4 is 15.8 Å². The molecule has 1 aliphatic carbocycles. The molecule has 0 aromatic carbocycles. The van der Waals surface area contributed by atoms with Crippen LogP contribution in [0.4, 0.5) is 11.6 Å². The van der Waals surface area contributed by atoms with Gasteiger partial charge in [0.25, 0.3) is 0 Å². The topological polar surface area (TPSA) is 102 Å². The predicted molar refractivity (Wildman–Crippen MR) is 145 cm³/mol. The van der Waals surface area contributed by atoms with Crippen LogP contribution >= 0.6 is 15.9 Å². The highest BCUT2D eigenvalue weighted by atomic mass is 79.9. The van der Waals surface area contributed by atoms with Gasteiger partial charge in [-0.3, -0.25) is 4.90 Å². The van der Waals surface area contributed by atoms with E-state index in [1.54, 1.807) is 12.4 Å². The molecule has 0 spiro atoms. The maximum Gasteiger partial charge on any atom is 0.214 e. The molecule has 4 aromatic heterocycles. The van der Waals surface area contributed by atoms with E-state index in [2.05, 4.69) is 57.9 Å². The maximum atomic E-state index is 5.93. The number of ether oxygens (including phenoxy) is 1. The molecule has 1 aliphatic rings. The normalized spacial score (nSPS) is 12.9. The van der Waals surface area contributed by atoms with Gasteiger partial charge in [0.05, 0.1) is 5.56 Å². The molecule has 4 heterocycles. The lowest BCUT2D eigenvalue weighted by Crippen LogP contribution is -2.30. The second-order valence-corrected chi connectivity index (χ2v) is 9.39. The molecule has 0 bridgehead atoms. The van der Waals surface area contributed by atoms with Gasteiger partial charge < -0.3 is 15.8 Å². The van der Waals surface area contributed by atoms with Crippen molar-refractivity contribution in [1.29, 1.82) is 0 Å². The zero-order valence-electron chi connectivity index (χ0n) is 19.9. The van der Waals surface area contributed by atoms with Crippen LogP contribution in [0, 0.1) is 11.8 Å². The van der Waals surface area contributed by atoms with Gasteiger partial charge in [0.2, 0.25) is 5.88 Å². The van der Waals surface area contributed by atoms with Crippen LogP contribution in [-0.4, -0.2) is 51.1 Å². The van der Waals surface area contributed by atoms with Crippen LogP contribution in [0.25, 0.3) is 10.8 Å². The Kier molecular flexibility index (Phi) is 7.26. The second kappa shape index (κ2) is 10.9. The summed E-state index contributed by atoms with van der Waals surface area (Å²) < 4.78 is 6.63. The Labute approximate surface area is 218 Å². The van der Waals surface area contributed by atoms with Crippen LogP contribution in [0.5, 0.6) is 5.88 Å². The Hall–Kier alpha value is -3.74. The highest BCUT2D eigenvalue weighted by Crippen LogP contribution is 2.28. The fourth-order valence-electron chi connectivity index (χ4n) is 4.02. The quantitative estimate of drug-likeness (QED) is 0.251. The molecular weight excluding hydrogens is 518 g/mol. The summed E-state index contributed by atoms with van der Waals surface area (Å²) in [6.07, 6.45) is 7.71. The molecule has 8 nitrogen and oxygen atoms in total. The minimum Gasteiger partial charge on any atom is -0.476 e. The Morgan fingerprint density at radius 1 is 1.11 bits per heavy atom. The second-order valence-electron chi connectivity index (χ2n) is 8.57. The van der Waals surface area contributed by atoms with Crippen molar-refractivity contribution < 1.29 is 4.74 Å². The van der Waals surface area contributed by atoms with Gasteiger partial charge in [-0.2, -0.15) is 0 Å². The van der Waals surface area contributed by atoms with Crippen molar-refractivity contribution in [1.82, 2.24) is 24.8 Å². The number of hydrogen-bond donors (Lipinski definition) is 2. The number of anilines is 2. The lowest BCUT2D eigenvalue weighted by atomic mass is 10.1. The number of nitrogens with zero attached hydrogens (tertiary/aromatic N) is 5. The maximum absolute atomic E-state index is 5.93. The van der Waals surface area contributed by atoms with Crippen molar-refractivity contribution in [3.8, 4) is 17.7 Å². The van der Waals surface area contributed by atoms with Crippen LogP contribution in [0.2, 0.25) is 0 Å². The van der Waals surface area contributed by atoms with E-state index in [1.807, 2.05) is 49.6 Å². The SMILES string of the molecule is CNc1ncc(C#Cc2cc(CN(CCOc3cccc(Br)n3)C3CC3)ccn2)c2cc(N)ncc12. The van der Waals surface area contributed by atoms with E-state index in [4.69, 9.17) is 10.5 Å². The zero-order chi connectivity index (χ0) is 24.9. The predicted octanol–water partition coefficient (Wildman–Crippen LogP) is 4.25. The van der Waals surface area contributed by atoms with Crippen LogP contribution in [-0.2, 0) is 6.54 Å². The summed E-state index contributed by atoms with van der Waals surface area (Å²) in [6, 6.07) is 12.2. The van der Waals surface area contributed by atoms with E-state index in [0.29, 0.717) is 30.0 Å². The van der Waals surface area contributed by atoms with E-state index in [1.165, 1.54) is 18.4 Å². The van der Waals surface area contributed by atoms with Gasteiger partial charge in [-0.1, -0.05) is 12.0 Å². The first-order valence-electron chi connectivity index (χ1n) is 11.8. The first kappa shape index (κ1) is 24.0. The largest absolute Gasteiger partial charge is 0.476 e. The summed E-state index contributed by atoms with van der Waals surface area (Å²) in [5.74, 6) is 8.24. The molecule has 0 aliphatic heterocycles. The van der Waals surface area contributed by atoms with Gasteiger partial charge in [-0.05, 0) is 64.5 Å². The van der Waals surface area contributed by atoms with E-state index in [0.717, 1.165) is 39.8 Å². The number of nitrogen functional groups attached to an aromatic ring is 1. The number of pyridine rings is 4. The van der Waals surface area contributed by atoms with Crippen molar-refractivity contribution in [2.75, 3.05) is 31.2 Å². The smallest absolute Gasteiger partial charge is 0.214 e. The van der Waals surface area contributed by atoms with Gasteiger partial charge in [0, 0.05) is 61.6 Å². The molecular formula is C27H26BrN7O. The Morgan fingerprint density at radius 3 is 2.81 bits per heavy atom. The van der Waals surface area contributed by atoms with E-state index < -0.39 is 0 Å². The molecule has 9 heteroatoms. The molecule has 3 N–H and O–H groups in total. The molecule has 0 radical (unpaired) electrons. The Bertz CT molecular complexity index is 1450. The molecule has 1 fully saturated rings. The third kappa shape index (κ3) is 5.90. The van der Waals surface area contributed by atoms with Crippen molar-refractivity contribution >= 4 is 38.3 Å². The molecule has 0 saturated heterocycles. The van der Waals surface area contributed by atoms with E-state index in [9.17, 15) is 0 Å². The van der Waals surface area contributed by atoms with Crippen molar-refractivity contribution in [2.45, 2.75) is 25.4 Å². The Balaban J connectivity index is 1.29. The van der Waals surface area contributed by atoms with Gasteiger partial charge >= 0.3 is 0 Å². The van der Waals surface area contributed by atoms with Gasteiger partial charge in [-0.15, -0.1) is 0 Å². The summed E-state index contributed by atoms with van der Waals surface area (Å²) in [4.78, 5) is 19.9. The van der Waals surface area contributed by atoms with E-state index in [-0.39, 0.29) is 0 Å². The van der Waals surface area contributed by atoms with Gasteiger partial charge in [0.15, 0.2) is 0 Å². The van der Waals surface area contributed by atoms with Crippen molar-refractivity contribution in [3.05, 3.63) is 76.4 Å². The molecule has 36 heavy (non-hydrogen) atoms. The monoisotopic (exact) mass is 543 g/mol. The summed E-state index contributed by atoms with van der Waals surface area (Å²) in [6.45, 7) is 2.23. The molecule has 182 valence electrons. The van der Waals surface area contributed by atoms with Crippen LogP contribution in [0.1, 0.15) is 29.7 Å². The fraction of sp³-hybridized carbons (Fsp3) is 0.259. The number of hydrogen-bond acceptors (Lipinski definition) is 8. The fourth-order valence-corrected chi connectivity index (χ4v) is 4.35. The standard InChI is InChI=1S/C27H26BrN7O/c1-30-27-23-16-32-25(29)14-22(23)19(15-33-27)5-6-20-13-18(9-10-31-20)17-35(21-7-8-21)11-12-36-26-4-2-3-24(28)34-26/h2-4,9-10,13-16,21H,7-8,11-12,17H2,1H3,(H2,29,32)(H,30,33). The number of halogens is 1. The third-order valence-corrected chi connectivity index (χ3v) is 6.39. The zero-order valence-corrected chi connectivity index (χ0v) is 21.5. The molecule has 0 unspecified atom stereocenters. The molecule has 4 aromatic rings. The molecule has 0 atom stereocenters. The summed E-state index contributed by atoms with van der Waals surface area (Å²) in [5.41, 5.74) is 8.59. The highest BCUT2D eigenvalue weighted by molar-refractivity contribution is 9.10.